The number of hydrogen-bond donors (Lipinski definition) is 0. The van der Waals surface area contributed by atoms with Crippen molar-refractivity contribution in [2.75, 3.05) is 47.5 Å². The van der Waals surface area contributed by atoms with E-state index >= 15 is 0 Å². The van der Waals surface area contributed by atoms with Crippen LogP contribution in [0.25, 0.3) is 0 Å². The van der Waals surface area contributed by atoms with E-state index in [1.807, 2.05) is 47.4 Å². The Hall–Kier alpha value is -2.73. The molecule has 1 saturated heterocycles. The van der Waals surface area contributed by atoms with Gasteiger partial charge in [0.25, 0.3) is 0 Å². The van der Waals surface area contributed by atoms with Gasteiger partial charge in [-0.1, -0.05) is 36.4 Å². The average molecular weight is 384 g/mol. The molecule has 2 aromatic rings. The molecule has 3 rings (SSSR count). The van der Waals surface area contributed by atoms with Gasteiger partial charge in [0.15, 0.2) is 11.5 Å². The summed E-state index contributed by atoms with van der Waals surface area (Å²) in [6, 6.07) is 13.8. The predicted molar refractivity (Wildman–Crippen MR) is 108 cm³/mol. The highest BCUT2D eigenvalue weighted by molar-refractivity contribution is 5.78. The Morgan fingerprint density at radius 1 is 0.857 bits per heavy atom. The lowest BCUT2D eigenvalue weighted by atomic mass is 10.1. The van der Waals surface area contributed by atoms with E-state index in [1.165, 1.54) is 0 Å². The highest BCUT2D eigenvalue weighted by Crippen LogP contribution is 2.40. The fourth-order valence-corrected chi connectivity index (χ4v) is 3.57. The molecule has 0 unspecified atom stereocenters. The molecule has 0 saturated carbocycles. The molecule has 1 aliphatic heterocycles. The van der Waals surface area contributed by atoms with Crippen LogP contribution in [0.3, 0.4) is 0 Å². The largest absolute Gasteiger partial charge is 0.493 e. The van der Waals surface area contributed by atoms with Crippen molar-refractivity contribution in [3.8, 4) is 17.2 Å². The van der Waals surface area contributed by atoms with Gasteiger partial charge in [-0.25, -0.2) is 0 Å². The zero-order valence-corrected chi connectivity index (χ0v) is 16.8. The van der Waals surface area contributed by atoms with E-state index in [0.717, 1.165) is 43.9 Å². The molecule has 28 heavy (non-hydrogen) atoms. The number of ether oxygens (including phenoxy) is 3. The lowest BCUT2D eigenvalue weighted by Crippen LogP contribution is -2.48. The fraction of sp³-hybridized carbons (Fsp3) is 0.409. The van der Waals surface area contributed by atoms with E-state index in [2.05, 4.69) is 4.90 Å². The number of amides is 1. The molecule has 0 radical (unpaired) electrons. The Morgan fingerprint density at radius 2 is 1.54 bits per heavy atom. The minimum absolute atomic E-state index is 0.189. The summed E-state index contributed by atoms with van der Waals surface area (Å²) in [6.45, 7) is 3.88. The van der Waals surface area contributed by atoms with E-state index in [-0.39, 0.29) is 5.91 Å². The SMILES string of the molecule is COc1ccc(CN2CCN(C(=O)Cc3ccccc3)CC2)c(OC)c1OC. The predicted octanol–water partition coefficient (Wildman–Crippen LogP) is 2.60. The molecule has 6 nitrogen and oxygen atoms in total. The molecule has 0 N–H and O–H groups in total. The van der Waals surface area contributed by atoms with Crippen LogP contribution in [0.2, 0.25) is 0 Å². The molecular weight excluding hydrogens is 356 g/mol. The van der Waals surface area contributed by atoms with Crippen LogP contribution in [-0.4, -0.2) is 63.2 Å². The monoisotopic (exact) mass is 384 g/mol. The molecular formula is C22H28N2O4. The van der Waals surface area contributed by atoms with Crippen molar-refractivity contribution in [3.05, 3.63) is 53.6 Å². The van der Waals surface area contributed by atoms with Gasteiger partial charge < -0.3 is 19.1 Å². The summed E-state index contributed by atoms with van der Waals surface area (Å²) < 4.78 is 16.4. The third-order valence-electron chi connectivity index (χ3n) is 5.10. The fourth-order valence-electron chi connectivity index (χ4n) is 3.57. The van der Waals surface area contributed by atoms with E-state index in [1.54, 1.807) is 21.3 Å². The standard InChI is InChI=1S/C22H28N2O4/c1-26-19-10-9-18(21(27-2)22(19)28-3)16-23-11-13-24(14-12-23)20(25)15-17-7-5-4-6-8-17/h4-10H,11-16H2,1-3H3. The van der Waals surface area contributed by atoms with E-state index in [9.17, 15) is 4.79 Å². The molecule has 1 heterocycles. The zero-order valence-electron chi connectivity index (χ0n) is 16.8. The van der Waals surface area contributed by atoms with E-state index in [0.29, 0.717) is 23.7 Å². The number of hydrogen-bond acceptors (Lipinski definition) is 5. The Balaban J connectivity index is 1.59. The number of carbonyl (C=O) groups excluding carboxylic acids is 1. The maximum absolute atomic E-state index is 12.5. The summed E-state index contributed by atoms with van der Waals surface area (Å²) in [5.41, 5.74) is 2.11. The summed E-state index contributed by atoms with van der Waals surface area (Å²) in [4.78, 5) is 16.8. The molecule has 1 amide bonds. The maximum atomic E-state index is 12.5. The minimum Gasteiger partial charge on any atom is -0.493 e. The van der Waals surface area contributed by atoms with Gasteiger partial charge in [0.1, 0.15) is 0 Å². The van der Waals surface area contributed by atoms with Gasteiger partial charge >= 0.3 is 0 Å². The quantitative estimate of drug-likeness (QED) is 0.735. The second-order valence-corrected chi connectivity index (χ2v) is 6.81. The number of methoxy groups -OCH3 is 3. The zero-order chi connectivity index (χ0) is 19.9. The Labute approximate surface area is 166 Å². The summed E-state index contributed by atoms with van der Waals surface area (Å²) >= 11 is 0. The second kappa shape index (κ2) is 9.46. The highest BCUT2D eigenvalue weighted by Gasteiger charge is 2.23. The topological polar surface area (TPSA) is 51.2 Å². The van der Waals surface area contributed by atoms with Gasteiger partial charge in [-0.05, 0) is 11.6 Å². The first kappa shape index (κ1) is 20.0. The number of benzene rings is 2. The van der Waals surface area contributed by atoms with Crippen molar-refractivity contribution in [2.45, 2.75) is 13.0 Å². The maximum Gasteiger partial charge on any atom is 0.227 e. The molecule has 6 heteroatoms. The lowest BCUT2D eigenvalue weighted by Gasteiger charge is -2.35. The summed E-state index contributed by atoms with van der Waals surface area (Å²) in [5, 5.41) is 0. The number of rotatable bonds is 7. The van der Waals surface area contributed by atoms with Crippen LogP contribution in [0.15, 0.2) is 42.5 Å². The minimum atomic E-state index is 0.189. The average Bonchev–Trinajstić information content (AvgIpc) is 2.74. The molecule has 0 aliphatic carbocycles. The van der Waals surface area contributed by atoms with Gasteiger partial charge in [-0.2, -0.15) is 0 Å². The van der Waals surface area contributed by atoms with Gasteiger partial charge in [0.05, 0.1) is 27.8 Å². The molecule has 0 aromatic heterocycles. The molecule has 150 valence electrons. The van der Waals surface area contributed by atoms with E-state index in [4.69, 9.17) is 14.2 Å². The van der Waals surface area contributed by atoms with Crippen LogP contribution in [-0.2, 0) is 17.8 Å². The second-order valence-electron chi connectivity index (χ2n) is 6.81. The van der Waals surface area contributed by atoms with Gasteiger partial charge in [0, 0.05) is 38.3 Å². The van der Waals surface area contributed by atoms with Gasteiger partial charge in [0.2, 0.25) is 11.7 Å². The molecule has 1 fully saturated rings. The van der Waals surface area contributed by atoms with E-state index < -0.39 is 0 Å². The van der Waals surface area contributed by atoms with Crippen molar-refractivity contribution in [2.24, 2.45) is 0 Å². The first-order valence-electron chi connectivity index (χ1n) is 9.48. The van der Waals surface area contributed by atoms with Crippen molar-refractivity contribution >= 4 is 5.91 Å². The summed E-state index contributed by atoms with van der Waals surface area (Å²) in [5.74, 6) is 2.15. The van der Waals surface area contributed by atoms with Crippen LogP contribution in [0.5, 0.6) is 17.2 Å². The molecule has 0 spiro atoms. The molecule has 2 aromatic carbocycles. The smallest absolute Gasteiger partial charge is 0.227 e. The molecule has 0 atom stereocenters. The third kappa shape index (κ3) is 4.57. The van der Waals surface area contributed by atoms with Crippen LogP contribution in [0.1, 0.15) is 11.1 Å². The van der Waals surface area contributed by atoms with Crippen LogP contribution in [0, 0.1) is 0 Å². The van der Waals surface area contributed by atoms with Crippen molar-refractivity contribution in [1.82, 2.24) is 9.80 Å². The molecule has 1 aliphatic rings. The van der Waals surface area contributed by atoms with Crippen LogP contribution in [0.4, 0.5) is 0 Å². The number of piperazine rings is 1. The highest BCUT2D eigenvalue weighted by atomic mass is 16.5. The lowest BCUT2D eigenvalue weighted by molar-refractivity contribution is -0.132. The van der Waals surface area contributed by atoms with Crippen molar-refractivity contribution in [3.63, 3.8) is 0 Å². The first-order chi connectivity index (χ1) is 13.7. The van der Waals surface area contributed by atoms with Crippen molar-refractivity contribution in [1.29, 1.82) is 0 Å². The summed E-state index contributed by atoms with van der Waals surface area (Å²) in [7, 11) is 4.87. The Morgan fingerprint density at radius 3 is 2.14 bits per heavy atom. The number of nitrogens with zero attached hydrogens (tertiary/aromatic N) is 2. The summed E-state index contributed by atoms with van der Waals surface area (Å²) in [6.07, 6.45) is 0.463. The third-order valence-corrected chi connectivity index (χ3v) is 5.10. The molecule has 0 bridgehead atoms. The van der Waals surface area contributed by atoms with Crippen molar-refractivity contribution < 1.29 is 19.0 Å². The Kier molecular flexibility index (Phi) is 6.76. The normalized spacial score (nSPS) is 14.6. The first-order valence-corrected chi connectivity index (χ1v) is 9.48. The number of carbonyl (C=O) groups is 1. The van der Waals surface area contributed by atoms with Crippen LogP contribution < -0.4 is 14.2 Å². The van der Waals surface area contributed by atoms with Gasteiger partial charge in [-0.3, -0.25) is 9.69 Å². The van der Waals surface area contributed by atoms with Crippen LogP contribution >= 0.6 is 0 Å². The Bertz CT molecular complexity index is 787. The van der Waals surface area contributed by atoms with Gasteiger partial charge in [-0.15, -0.1) is 0 Å².